The number of benzene rings is 1. The average molecular weight is 475 g/mol. The van der Waals surface area contributed by atoms with E-state index in [1.54, 1.807) is 7.11 Å². The molecule has 0 unspecified atom stereocenters. The summed E-state index contributed by atoms with van der Waals surface area (Å²) in [6.07, 6.45) is -2.74. The lowest BCUT2D eigenvalue weighted by atomic mass is 10.2. The van der Waals surface area contributed by atoms with Crippen LogP contribution in [0.2, 0.25) is 15.1 Å². The molecule has 1 aromatic carbocycles. The van der Waals surface area contributed by atoms with E-state index in [0.717, 1.165) is 30.7 Å². The molecule has 2 aromatic rings. The van der Waals surface area contributed by atoms with Crippen LogP contribution in [0.5, 0.6) is 0 Å². The molecule has 0 radical (unpaired) electrons. The van der Waals surface area contributed by atoms with Crippen molar-refractivity contribution in [1.29, 1.82) is 0 Å². The summed E-state index contributed by atoms with van der Waals surface area (Å²) in [5, 5.41) is 3.59. The van der Waals surface area contributed by atoms with Crippen molar-refractivity contribution < 1.29 is 17.9 Å². The Morgan fingerprint density at radius 2 is 1.96 bits per heavy atom. The zero-order valence-electron chi connectivity index (χ0n) is 14.7. The summed E-state index contributed by atoms with van der Waals surface area (Å²) >= 11 is 19.0. The van der Waals surface area contributed by atoms with E-state index in [9.17, 15) is 13.2 Å². The Bertz CT molecular complexity index is 824. The van der Waals surface area contributed by atoms with Crippen molar-refractivity contribution in [1.82, 2.24) is 9.88 Å². The lowest BCUT2D eigenvalue weighted by molar-refractivity contribution is -0.141. The van der Waals surface area contributed by atoms with Crippen molar-refractivity contribution in [3.8, 4) is 0 Å². The first-order chi connectivity index (χ1) is 13.2. The summed E-state index contributed by atoms with van der Waals surface area (Å²) in [6, 6.07) is 3.01. The molecule has 0 bridgehead atoms. The van der Waals surface area contributed by atoms with Gasteiger partial charge < -0.3 is 10.1 Å². The lowest BCUT2D eigenvalue weighted by Gasteiger charge is -2.23. The van der Waals surface area contributed by atoms with Gasteiger partial charge in [-0.15, -0.1) is 0 Å². The van der Waals surface area contributed by atoms with E-state index in [-0.39, 0.29) is 38.3 Å². The van der Waals surface area contributed by atoms with Crippen LogP contribution in [0.1, 0.15) is 23.4 Å². The summed E-state index contributed by atoms with van der Waals surface area (Å²) in [5.41, 5.74) is -0.635. The topological polar surface area (TPSA) is 37.4 Å². The first kappa shape index (κ1) is 21.9. The molecule has 1 aliphatic heterocycles. The molecule has 0 spiro atoms. The highest BCUT2D eigenvalue weighted by Crippen LogP contribution is 2.41. The fourth-order valence-corrected chi connectivity index (χ4v) is 5.09. The van der Waals surface area contributed by atoms with Crippen LogP contribution in [-0.4, -0.2) is 36.2 Å². The SMILES string of the molecule is COC[C@@H]1CCCN1Cc1sc(Nc2c(Cl)cc(Cl)cc2Cl)nc1C(F)(F)F. The third kappa shape index (κ3) is 5.04. The predicted molar refractivity (Wildman–Crippen MR) is 107 cm³/mol. The maximum atomic E-state index is 13.5. The minimum Gasteiger partial charge on any atom is -0.383 e. The first-order valence-electron chi connectivity index (χ1n) is 8.40. The van der Waals surface area contributed by atoms with Gasteiger partial charge in [0.25, 0.3) is 0 Å². The smallest absolute Gasteiger partial charge is 0.383 e. The molecular weight excluding hydrogens is 458 g/mol. The number of aromatic nitrogens is 1. The minimum atomic E-state index is -4.56. The zero-order chi connectivity index (χ0) is 20.5. The molecule has 4 nitrogen and oxygen atoms in total. The fourth-order valence-electron chi connectivity index (χ4n) is 3.17. The molecule has 1 N–H and O–H groups in total. The van der Waals surface area contributed by atoms with E-state index < -0.39 is 11.9 Å². The monoisotopic (exact) mass is 473 g/mol. The van der Waals surface area contributed by atoms with E-state index in [4.69, 9.17) is 39.5 Å². The van der Waals surface area contributed by atoms with Gasteiger partial charge in [0.1, 0.15) is 0 Å². The quantitative estimate of drug-likeness (QED) is 0.520. The number of likely N-dealkylation sites (tertiary alicyclic amines) is 1. The van der Waals surface area contributed by atoms with Gasteiger partial charge in [-0.1, -0.05) is 46.1 Å². The van der Waals surface area contributed by atoms with Crippen LogP contribution in [0, 0.1) is 0 Å². The minimum absolute atomic E-state index is 0.0657. The Labute approximate surface area is 179 Å². The molecule has 0 amide bonds. The van der Waals surface area contributed by atoms with Crippen molar-refractivity contribution in [2.45, 2.75) is 31.6 Å². The highest BCUT2D eigenvalue weighted by molar-refractivity contribution is 7.15. The van der Waals surface area contributed by atoms with Gasteiger partial charge in [-0.25, -0.2) is 4.98 Å². The van der Waals surface area contributed by atoms with Crippen LogP contribution in [-0.2, 0) is 17.5 Å². The predicted octanol–water partition coefficient (Wildman–Crippen LogP) is 6.48. The highest BCUT2D eigenvalue weighted by atomic mass is 35.5. The van der Waals surface area contributed by atoms with E-state index >= 15 is 0 Å². The third-order valence-electron chi connectivity index (χ3n) is 4.41. The molecule has 0 saturated carbocycles. The molecule has 154 valence electrons. The van der Waals surface area contributed by atoms with Crippen LogP contribution < -0.4 is 5.32 Å². The summed E-state index contributed by atoms with van der Waals surface area (Å²) in [6.45, 7) is 1.37. The molecular formula is C17H17Cl3F3N3OS. The van der Waals surface area contributed by atoms with Gasteiger partial charge in [0.05, 0.1) is 27.2 Å². The maximum absolute atomic E-state index is 13.5. The van der Waals surface area contributed by atoms with Gasteiger partial charge in [-0.2, -0.15) is 13.2 Å². The molecule has 1 saturated heterocycles. The summed E-state index contributed by atoms with van der Waals surface area (Å²) in [5.74, 6) is 0. The van der Waals surface area contributed by atoms with Crippen LogP contribution >= 0.6 is 46.1 Å². The number of anilines is 2. The number of halogens is 6. The number of thiazole rings is 1. The van der Waals surface area contributed by atoms with Crippen LogP contribution in [0.3, 0.4) is 0 Å². The number of hydrogen-bond donors (Lipinski definition) is 1. The molecule has 0 aliphatic carbocycles. The lowest BCUT2D eigenvalue weighted by Crippen LogP contribution is -2.32. The van der Waals surface area contributed by atoms with E-state index in [1.807, 2.05) is 4.90 Å². The zero-order valence-corrected chi connectivity index (χ0v) is 17.8. The Morgan fingerprint density at radius 1 is 1.29 bits per heavy atom. The number of rotatable bonds is 6. The van der Waals surface area contributed by atoms with Gasteiger partial charge in [0.15, 0.2) is 10.8 Å². The highest BCUT2D eigenvalue weighted by Gasteiger charge is 2.39. The number of nitrogens with one attached hydrogen (secondary N) is 1. The van der Waals surface area contributed by atoms with E-state index in [0.29, 0.717) is 11.6 Å². The number of ether oxygens (including phenoxy) is 1. The van der Waals surface area contributed by atoms with Crippen molar-refractivity contribution in [3.63, 3.8) is 0 Å². The van der Waals surface area contributed by atoms with Gasteiger partial charge >= 0.3 is 6.18 Å². The van der Waals surface area contributed by atoms with Crippen molar-refractivity contribution in [2.24, 2.45) is 0 Å². The van der Waals surface area contributed by atoms with Crippen LogP contribution in [0.15, 0.2) is 12.1 Å². The second kappa shape index (κ2) is 8.93. The second-order valence-electron chi connectivity index (χ2n) is 6.38. The van der Waals surface area contributed by atoms with Crippen molar-refractivity contribution in [3.05, 3.63) is 37.8 Å². The van der Waals surface area contributed by atoms with Gasteiger partial charge in [-0.3, -0.25) is 4.90 Å². The largest absolute Gasteiger partial charge is 0.434 e. The summed E-state index contributed by atoms with van der Waals surface area (Å²) in [7, 11) is 1.59. The molecule has 2 heterocycles. The fraction of sp³-hybridized carbons (Fsp3) is 0.471. The van der Waals surface area contributed by atoms with Gasteiger partial charge in [0.2, 0.25) is 0 Å². The molecule has 1 atom stereocenters. The van der Waals surface area contributed by atoms with Gasteiger partial charge in [0, 0.05) is 24.7 Å². The Balaban J connectivity index is 1.88. The summed E-state index contributed by atoms with van der Waals surface area (Å²) in [4.78, 5) is 5.91. The average Bonchev–Trinajstić information content (AvgIpc) is 3.18. The Kier molecular flexibility index (Phi) is 7.00. The Hall–Kier alpha value is -0.770. The molecule has 1 fully saturated rings. The van der Waals surface area contributed by atoms with Crippen LogP contribution in [0.4, 0.5) is 24.0 Å². The molecule has 11 heteroatoms. The standard InChI is InChI=1S/C17H17Cl3F3N3OS/c1-27-8-10-3-2-4-26(10)7-13-15(17(21,22)23)25-16(28-13)24-14-11(19)5-9(18)6-12(14)20/h5-6,10H,2-4,7-8H2,1H3,(H,24,25)/t10-/m0/s1. The molecule has 3 rings (SSSR count). The van der Waals surface area contributed by atoms with Crippen LogP contribution in [0.25, 0.3) is 0 Å². The number of alkyl halides is 3. The van der Waals surface area contributed by atoms with E-state index in [1.165, 1.54) is 12.1 Å². The molecule has 28 heavy (non-hydrogen) atoms. The first-order valence-corrected chi connectivity index (χ1v) is 10.4. The van der Waals surface area contributed by atoms with E-state index in [2.05, 4.69) is 10.3 Å². The number of hydrogen-bond acceptors (Lipinski definition) is 5. The third-order valence-corrected chi connectivity index (χ3v) is 6.18. The second-order valence-corrected chi connectivity index (χ2v) is 8.71. The number of nitrogens with zero attached hydrogens (tertiary/aromatic N) is 2. The normalized spacial score (nSPS) is 18.0. The van der Waals surface area contributed by atoms with Crippen molar-refractivity contribution >= 4 is 57.0 Å². The van der Waals surface area contributed by atoms with Crippen molar-refractivity contribution in [2.75, 3.05) is 25.6 Å². The molecule has 1 aliphatic rings. The Morgan fingerprint density at radius 3 is 2.57 bits per heavy atom. The number of methoxy groups -OCH3 is 1. The van der Waals surface area contributed by atoms with Gasteiger partial charge in [-0.05, 0) is 31.5 Å². The molecule has 1 aromatic heterocycles. The maximum Gasteiger partial charge on any atom is 0.434 e. The summed E-state index contributed by atoms with van der Waals surface area (Å²) < 4.78 is 45.8.